The van der Waals surface area contributed by atoms with E-state index < -0.39 is 21.8 Å². The number of carbonyl (C=O) groups excluding carboxylic acids is 2. The molecule has 3 N–H and O–H groups in total. The van der Waals surface area contributed by atoms with Crippen molar-refractivity contribution in [3.63, 3.8) is 0 Å². The van der Waals surface area contributed by atoms with Crippen molar-refractivity contribution in [3.05, 3.63) is 23.8 Å². The average Bonchev–Trinajstić information content (AvgIpc) is 3.18. The Morgan fingerprint density at radius 1 is 1.21 bits per heavy atom. The topological polar surface area (TPSA) is 145 Å². The predicted octanol–water partition coefficient (Wildman–Crippen LogP) is -0.400. The number of nitrogens with zero attached hydrogens (tertiary/aromatic N) is 5. The number of aryl methyl sites for hydroxylation is 2. The Bertz CT molecular complexity index is 1020. The van der Waals surface area contributed by atoms with E-state index in [0.29, 0.717) is 25.1 Å². The number of nitrogens with one attached hydrogen (secondary N) is 1. The van der Waals surface area contributed by atoms with Crippen molar-refractivity contribution in [3.8, 4) is 0 Å². The predicted molar refractivity (Wildman–Crippen MR) is 99.8 cm³/mol. The van der Waals surface area contributed by atoms with Gasteiger partial charge in [0, 0.05) is 27.2 Å². The van der Waals surface area contributed by atoms with Crippen LogP contribution in [0.25, 0.3) is 0 Å². The Hall–Kier alpha value is -2.73. The third kappa shape index (κ3) is 3.52. The molecule has 12 heteroatoms. The van der Waals surface area contributed by atoms with Crippen LogP contribution in [0.1, 0.15) is 29.0 Å². The first kappa shape index (κ1) is 20.0. The number of hydrogen-bond donors (Lipinski definition) is 2. The zero-order valence-electron chi connectivity index (χ0n) is 15.9. The van der Waals surface area contributed by atoms with Crippen LogP contribution in [0.15, 0.2) is 17.3 Å². The van der Waals surface area contributed by atoms with E-state index in [0.717, 1.165) is 0 Å². The highest BCUT2D eigenvalue weighted by molar-refractivity contribution is 7.89. The van der Waals surface area contributed by atoms with E-state index in [1.165, 1.54) is 26.1 Å². The Kier molecular flexibility index (Phi) is 5.26. The minimum atomic E-state index is -3.75. The standard InChI is InChI=1S/C16H23N7O4S/c1-10-13(8-19-21(10)2)28(26,27)23-6-4-5-11(9-23)16(25)20-12-7-18-22(3)14(12)15(17)24/h7-8,11H,4-6,9H2,1-3H3,(H2,17,24)(H,20,25)/t11-/m1/s1. The van der Waals surface area contributed by atoms with Gasteiger partial charge in [-0.05, 0) is 19.8 Å². The average molecular weight is 409 g/mol. The van der Waals surface area contributed by atoms with Crippen LogP contribution in [-0.4, -0.2) is 57.2 Å². The first-order valence-electron chi connectivity index (χ1n) is 8.74. The maximum Gasteiger partial charge on any atom is 0.269 e. The van der Waals surface area contributed by atoms with Gasteiger partial charge in [0.05, 0.1) is 29.7 Å². The second-order valence-corrected chi connectivity index (χ2v) is 8.71. The summed E-state index contributed by atoms with van der Waals surface area (Å²) in [4.78, 5) is 24.4. The molecule has 0 unspecified atom stereocenters. The van der Waals surface area contributed by atoms with Crippen LogP contribution in [0.3, 0.4) is 0 Å². The van der Waals surface area contributed by atoms with Gasteiger partial charge in [-0.2, -0.15) is 14.5 Å². The molecule has 3 heterocycles. The lowest BCUT2D eigenvalue weighted by molar-refractivity contribution is -0.120. The summed E-state index contributed by atoms with van der Waals surface area (Å²) in [5.41, 5.74) is 6.16. The zero-order valence-corrected chi connectivity index (χ0v) is 16.7. The third-order valence-corrected chi connectivity index (χ3v) is 6.96. The Labute approximate surface area is 162 Å². The fourth-order valence-corrected chi connectivity index (χ4v) is 5.01. The van der Waals surface area contributed by atoms with Crippen LogP contribution in [0.2, 0.25) is 0 Å². The second-order valence-electron chi connectivity index (χ2n) is 6.80. The van der Waals surface area contributed by atoms with Crippen molar-refractivity contribution in [1.29, 1.82) is 0 Å². The molecular weight excluding hydrogens is 386 g/mol. The fourth-order valence-electron chi connectivity index (χ4n) is 3.30. The van der Waals surface area contributed by atoms with E-state index >= 15 is 0 Å². The molecule has 0 aliphatic carbocycles. The Morgan fingerprint density at radius 2 is 1.89 bits per heavy atom. The van der Waals surface area contributed by atoms with Gasteiger partial charge < -0.3 is 11.1 Å². The summed E-state index contributed by atoms with van der Waals surface area (Å²) in [6.45, 7) is 2.07. The van der Waals surface area contributed by atoms with Crippen LogP contribution in [0.4, 0.5) is 5.69 Å². The quantitative estimate of drug-likeness (QED) is 0.687. The first-order valence-corrected chi connectivity index (χ1v) is 10.2. The molecule has 2 aromatic rings. The fraction of sp³-hybridized carbons (Fsp3) is 0.500. The molecule has 0 aromatic carbocycles. The number of anilines is 1. The largest absolute Gasteiger partial charge is 0.364 e. The van der Waals surface area contributed by atoms with Gasteiger partial charge in [0.1, 0.15) is 10.6 Å². The number of carbonyl (C=O) groups is 2. The molecule has 1 aliphatic rings. The van der Waals surface area contributed by atoms with Crippen LogP contribution >= 0.6 is 0 Å². The first-order chi connectivity index (χ1) is 13.1. The molecule has 2 amide bonds. The molecule has 0 bridgehead atoms. The summed E-state index contributed by atoms with van der Waals surface area (Å²) < 4.78 is 30.0. The second kappa shape index (κ2) is 7.36. The minimum Gasteiger partial charge on any atom is -0.364 e. The summed E-state index contributed by atoms with van der Waals surface area (Å²) in [5, 5.41) is 10.6. The number of primary amides is 1. The Balaban J connectivity index is 1.77. The lowest BCUT2D eigenvalue weighted by Crippen LogP contribution is -2.43. The minimum absolute atomic E-state index is 0.0503. The Morgan fingerprint density at radius 3 is 2.50 bits per heavy atom. The summed E-state index contributed by atoms with van der Waals surface area (Å²) in [7, 11) is -0.535. The molecule has 0 spiro atoms. The summed E-state index contributed by atoms with van der Waals surface area (Å²) >= 11 is 0. The van der Waals surface area contributed by atoms with Gasteiger partial charge in [-0.3, -0.25) is 19.0 Å². The van der Waals surface area contributed by atoms with Crippen LogP contribution in [0.5, 0.6) is 0 Å². The van der Waals surface area contributed by atoms with Gasteiger partial charge >= 0.3 is 0 Å². The lowest BCUT2D eigenvalue weighted by Gasteiger charge is -2.31. The molecule has 11 nitrogen and oxygen atoms in total. The van der Waals surface area contributed by atoms with E-state index in [9.17, 15) is 18.0 Å². The van der Waals surface area contributed by atoms with E-state index in [2.05, 4.69) is 15.5 Å². The van der Waals surface area contributed by atoms with Gasteiger partial charge in [-0.25, -0.2) is 8.42 Å². The summed E-state index contributed by atoms with van der Waals surface area (Å²) in [6.07, 6.45) is 3.75. The van der Waals surface area contributed by atoms with E-state index in [1.54, 1.807) is 21.0 Å². The summed E-state index contributed by atoms with van der Waals surface area (Å²) in [6, 6.07) is 0. The molecule has 1 fully saturated rings. The normalized spacial score (nSPS) is 18.2. The highest BCUT2D eigenvalue weighted by Crippen LogP contribution is 2.26. The highest BCUT2D eigenvalue weighted by atomic mass is 32.2. The SMILES string of the molecule is Cc1c(S(=O)(=O)N2CCC[C@@H](C(=O)Nc3cnn(C)c3C(N)=O)C2)cnn1C. The number of aromatic nitrogens is 4. The summed E-state index contributed by atoms with van der Waals surface area (Å²) in [5.74, 6) is -1.64. The van der Waals surface area contributed by atoms with Crippen molar-refractivity contribution in [1.82, 2.24) is 23.9 Å². The molecule has 152 valence electrons. The molecular formula is C16H23N7O4S. The van der Waals surface area contributed by atoms with Crippen molar-refractivity contribution < 1.29 is 18.0 Å². The van der Waals surface area contributed by atoms with Gasteiger partial charge in [-0.1, -0.05) is 0 Å². The monoisotopic (exact) mass is 409 g/mol. The van der Waals surface area contributed by atoms with Crippen molar-refractivity contribution in [2.75, 3.05) is 18.4 Å². The molecule has 1 aliphatic heterocycles. The van der Waals surface area contributed by atoms with Crippen LogP contribution < -0.4 is 11.1 Å². The molecule has 28 heavy (non-hydrogen) atoms. The van der Waals surface area contributed by atoms with E-state index in [-0.39, 0.29) is 28.7 Å². The van der Waals surface area contributed by atoms with Crippen LogP contribution in [0, 0.1) is 12.8 Å². The van der Waals surface area contributed by atoms with Gasteiger partial charge in [0.2, 0.25) is 15.9 Å². The van der Waals surface area contributed by atoms with Crippen molar-refractivity contribution in [2.24, 2.45) is 25.7 Å². The van der Waals surface area contributed by atoms with E-state index in [4.69, 9.17) is 5.73 Å². The smallest absolute Gasteiger partial charge is 0.269 e. The van der Waals surface area contributed by atoms with Gasteiger partial charge in [-0.15, -0.1) is 0 Å². The number of rotatable bonds is 5. The van der Waals surface area contributed by atoms with Gasteiger partial charge in [0.25, 0.3) is 5.91 Å². The maximum absolute atomic E-state index is 13.0. The lowest BCUT2D eigenvalue weighted by atomic mass is 9.99. The highest BCUT2D eigenvalue weighted by Gasteiger charge is 2.35. The molecule has 2 aromatic heterocycles. The number of sulfonamides is 1. The van der Waals surface area contributed by atoms with Crippen LogP contribution in [-0.2, 0) is 28.9 Å². The zero-order chi connectivity index (χ0) is 20.6. The number of nitrogens with two attached hydrogens (primary N) is 1. The molecule has 1 atom stereocenters. The van der Waals surface area contributed by atoms with Gasteiger partial charge in [0.15, 0.2) is 0 Å². The maximum atomic E-state index is 13.0. The van der Waals surface area contributed by atoms with Crippen molar-refractivity contribution >= 4 is 27.5 Å². The number of piperidine rings is 1. The van der Waals surface area contributed by atoms with E-state index in [1.807, 2.05) is 0 Å². The molecule has 3 rings (SSSR count). The molecule has 1 saturated heterocycles. The molecule has 0 saturated carbocycles. The third-order valence-electron chi connectivity index (χ3n) is 4.99. The molecule has 0 radical (unpaired) electrons. The number of amides is 2. The number of hydrogen-bond acceptors (Lipinski definition) is 6. The van der Waals surface area contributed by atoms with Crippen molar-refractivity contribution in [2.45, 2.75) is 24.7 Å².